The molecular formula is C16H23N3O. The van der Waals surface area contributed by atoms with Crippen LogP contribution in [0.4, 0.5) is 0 Å². The summed E-state index contributed by atoms with van der Waals surface area (Å²) in [5.41, 5.74) is 3.39. The van der Waals surface area contributed by atoms with E-state index in [2.05, 4.69) is 35.7 Å². The van der Waals surface area contributed by atoms with E-state index in [0.717, 1.165) is 30.6 Å². The molecule has 2 N–H and O–H groups in total. The Morgan fingerprint density at radius 3 is 2.75 bits per heavy atom. The summed E-state index contributed by atoms with van der Waals surface area (Å²) >= 11 is 0. The Morgan fingerprint density at radius 2 is 2.05 bits per heavy atom. The highest BCUT2D eigenvalue weighted by Gasteiger charge is 2.10. The molecule has 0 bridgehead atoms. The van der Waals surface area contributed by atoms with Crippen molar-refractivity contribution < 1.29 is 5.11 Å². The normalized spacial score (nSPS) is 12.6. The minimum atomic E-state index is 0.258. The Morgan fingerprint density at radius 1 is 1.30 bits per heavy atom. The van der Waals surface area contributed by atoms with Gasteiger partial charge in [-0.2, -0.15) is 5.10 Å². The molecule has 0 fully saturated rings. The molecular weight excluding hydrogens is 250 g/mol. The number of aliphatic hydroxyl groups is 1. The van der Waals surface area contributed by atoms with Crippen LogP contribution in [0.5, 0.6) is 0 Å². The average molecular weight is 273 g/mol. The van der Waals surface area contributed by atoms with Crippen LogP contribution in [0, 0.1) is 0 Å². The van der Waals surface area contributed by atoms with E-state index in [1.807, 2.05) is 29.9 Å². The van der Waals surface area contributed by atoms with Crippen molar-refractivity contribution in [1.82, 2.24) is 15.1 Å². The number of nitrogens with one attached hydrogen (secondary N) is 1. The predicted octanol–water partition coefficient (Wildman–Crippen LogP) is 2.34. The van der Waals surface area contributed by atoms with Crippen molar-refractivity contribution in [1.29, 1.82) is 0 Å². The fraction of sp³-hybridized carbons (Fsp3) is 0.438. The molecule has 1 aromatic carbocycles. The Balaban J connectivity index is 2.05. The summed E-state index contributed by atoms with van der Waals surface area (Å²) in [7, 11) is 1.95. The summed E-state index contributed by atoms with van der Waals surface area (Å²) in [4.78, 5) is 0. The third-order valence-electron chi connectivity index (χ3n) is 3.39. The van der Waals surface area contributed by atoms with E-state index >= 15 is 0 Å². The number of aryl methyl sites for hydroxylation is 1. The smallest absolute Gasteiger partial charge is 0.0967 e. The second-order valence-corrected chi connectivity index (χ2v) is 5.19. The van der Waals surface area contributed by atoms with E-state index in [0.29, 0.717) is 6.04 Å². The Hall–Kier alpha value is -1.65. The first-order valence-corrected chi connectivity index (χ1v) is 7.13. The van der Waals surface area contributed by atoms with Crippen LogP contribution >= 0.6 is 0 Å². The van der Waals surface area contributed by atoms with Crippen LogP contribution in [-0.2, 0) is 13.6 Å². The molecule has 0 amide bonds. The van der Waals surface area contributed by atoms with Gasteiger partial charge in [0.25, 0.3) is 0 Å². The van der Waals surface area contributed by atoms with E-state index in [1.54, 1.807) is 0 Å². The zero-order chi connectivity index (χ0) is 14.4. The summed E-state index contributed by atoms with van der Waals surface area (Å²) in [6.07, 6.45) is 3.89. The molecule has 0 spiro atoms. The lowest BCUT2D eigenvalue weighted by Gasteiger charge is -2.12. The highest BCUT2D eigenvalue weighted by Crippen LogP contribution is 2.21. The number of hydrogen-bond acceptors (Lipinski definition) is 3. The van der Waals surface area contributed by atoms with Crippen molar-refractivity contribution in [2.45, 2.75) is 32.4 Å². The molecule has 0 aliphatic rings. The SMILES string of the molecule is CC(CCCO)NCc1cn(C)nc1-c1ccccc1. The standard InChI is InChI=1S/C16H23N3O/c1-13(7-6-10-20)17-11-15-12-19(2)18-16(15)14-8-4-3-5-9-14/h3-5,8-9,12-13,17,20H,6-7,10-11H2,1-2H3. The Bertz CT molecular complexity index is 522. The van der Waals surface area contributed by atoms with E-state index in [1.165, 1.54) is 5.56 Å². The second kappa shape index (κ2) is 7.22. The highest BCUT2D eigenvalue weighted by atomic mass is 16.2. The number of rotatable bonds is 7. The number of aliphatic hydroxyl groups excluding tert-OH is 1. The molecule has 1 heterocycles. The van der Waals surface area contributed by atoms with Gasteiger partial charge in [-0.05, 0) is 19.8 Å². The van der Waals surface area contributed by atoms with Crippen molar-refractivity contribution in [2.75, 3.05) is 6.61 Å². The number of nitrogens with zero attached hydrogens (tertiary/aromatic N) is 2. The van der Waals surface area contributed by atoms with Gasteiger partial charge in [0.15, 0.2) is 0 Å². The topological polar surface area (TPSA) is 50.1 Å². The molecule has 20 heavy (non-hydrogen) atoms. The fourth-order valence-electron chi connectivity index (χ4n) is 2.29. The average Bonchev–Trinajstić information content (AvgIpc) is 2.85. The largest absolute Gasteiger partial charge is 0.396 e. The molecule has 2 aromatic rings. The monoisotopic (exact) mass is 273 g/mol. The molecule has 0 saturated heterocycles. The first-order valence-electron chi connectivity index (χ1n) is 7.13. The molecule has 0 aliphatic carbocycles. The van der Waals surface area contributed by atoms with Crippen LogP contribution in [0.2, 0.25) is 0 Å². The number of benzene rings is 1. The van der Waals surface area contributed by atoms with Gasteiger partial charge in [0.05, 0.1) is 5.69 Å². The molecule has 4 nitrogen and oxygen atoms in total. The first-order chi connectivity index (χ1) is 9.70. The quantitative estimate of drug-likeness (QED) is 0.814. The predicted molar refractivity (Wildman–Crippen MR) is 81.3 cm³/mol. The van der Waals surface area contributed by atoms with Crippen LogP contribution in [-0.4, -0.2) is 27.5 Å². The molecule has 0 saturated carbocycles. The summed E-state index contributed by atoms with van der Waals surface area (Å²) in [5, 5.41) is 16.9. The van der Waals surface area contributed by atoms with Gasteiger partial charge in [0.1, 0.15) is 0 Å². The molecule has 1 aromatic heterocycles. The molecule has 1 atom stereocenters. The van der Waals surface area contributed by atoms with E-state index in [-0.39, 0.29) is 6.61 Å². The molecule has 2 rings (SSSR count). The third-order valence-corrected chi connectivity index (χ3v) is 3.39. The molecule has 0 aliphatic heterocycles. The van der Waals surface area contributed by atoms with E-state index in [4.69, 9.17) is 5.11 Å². The van der Waals surface area contributed by atoms with Crippen LogP contribution in [0.1, 0.15) is 25.3 Å². The van der Waals surface area contributed by atoms with Crippen LogP contribution in [0.15, 0.2) is 36.5 Å². The van der Waals surface area contributed by atoms with Gasteiger partial charge < -0.3 is 10.4 Å². The van der Waals surface area contributed by atoms with Crippen LogP contribution in [0.25, 0.3) is 11.3 Å². The van der Waals surface area contributed by atoms with Gasteiger partial charge in [0.2, 0.25) is 0 Å². The van der Waals surface area contributed by atoms with E-state index < -0.39 is 0 Å². The maximum absolute atomic E-state index is 8.86. The molecule has 0 radical (unpaired) electrons. The highest BCUT2D eigenvalue weighted by molar-refractivity contribution is 5.62. The number of hydrogen-bond donors (Lipinski definition) is 2. The van der Waals surface area contributed by atoms with Crippen molar-refractivity contribution in [3.05, 3.63) is 42.1 Å². The van der Waals surface area contributed by atoms with Crippen LogP contribution < -0.4 is 5.32 Å². The lowest BCUT2D eigenvalue weighted by Crippen LogP contribution is -2.25. The van der Waals surface area contributed by atoms with Gasteiger partial charge in [0, 0.05) is 43.6 Å². The zero-order valence-electron chi connectivity index (χ0n) is 12.2. The summed E-state index contributed by atoms with van der Waals surface area (Å²) < 4.78 is 1.86. The van der Waals surface area contributed by atoms with Crippen LogP contribution in [0.3, 0.4) is 0 Å². The molecule has 4 heteroatoms. The summed E-state index contributed by atoms with van der Waals surface area (Å²) in [6.45, 7) is 3.20. The number of aromatic nitrogens is 2. The minimum Gasteiger partial charge on any atom is -0.396 e. The van der Waals surface area contributed by atoms with Gasteiger partial charge >= 0.3 is 0 Å². The maximum Gasteiger partial charge on any atom is 0.0967 e. The molecule has 1 unspecified atom stereocenters. The summed E-state index contributed by atoms with van der Waals surface area (Å²) in [6, 6.07) is 10.6. The maximum atomic E-state index is 8.86. The van der Waals surface area contributed by atoms with Gasteiger partial charge in [-0.1, -0.05) is 30.3 Å². The van der Waals surface area contributed by atoms with Crippen molar-refractivity contribution in [3.8, 4) is 11.3 Å². The second-order valence-electron chi connectivity index (χ2n) is 5.19. The lowest BCUT2D eigenvalue weighted by molar-refractivity contribution is 0.276. The lowest BCUT2D eigenvalue weighted by atomic mass is 10.1. The summed E-state index contributed by atoms with van der Waals surface area (Å²) in [5.74, 6) is 0. The fourth-order valence-corrected chi connectivity index (χ4v) is 2.29. The Labute approximate surface area is 120 Å². The zero-order valence-corrected chi connectivity index (χ0v) is 12.2. The van der Waals surface area contributed by atoms with Crippen molar-refractivity contribution >= 4 is 0 Å². The minimum absolute atomic E-state index is 0.258. The third kappa shape index (κ3) is 3.92. The molecule has 108 valence electrons. The first kappa shape index (κ1) is 14.8. The van der Waals surface area contributed by atoms with E-state index in [9.17, 15) is 0 Å². The van der Waals surface area contributed by atoms with Gasteiger partial charge in [-0.15, -0.1) is 0 Å². The van der Waals surface area contributed by atoms with Crippen molar-refractivity contribution in [3.63, 3.8) is 0 Å². The Kier molecular flexibility index (Phi) is 5.32. The van der Waals surface area contributed by atoms with Crippen molar-refractivity contribution in [2.24, 2.45) is 7.05 Å². The van der Waals surface area contributed by atoms with Gasteiger partial charge in [-0.25, -0.2) is 0 Å². The van der Waals surface area contributed by atoms with Gasteiger partial charge in [-0.3, -0.25) is 4.68 Å².